The van der Waals surface area contributed by atoms with Crippen molar-refractivity contribution in [1.82, 2.24) is 9.78 Å². The number of carbonyl (C=O) groups excluding carboxylic acids is 1. The fourth-order valence-electron chi connectivity index (χ4n) is 2.30. The summed E-state index contributed by atoms with van der Waals surface area (Å²) in [7, 11) is 0. The Morgan fingerprint density at radius 3 is 2.35 bits per heavy atom. The maximum absolute atomic E-state index is 12.7. The molecule has 1 N–H and O–H groups in total. The highest BCUT2D eigenvalue weighted by Gasteiger charge is 2.20. The molecular weight excluding hydrogens is 339 g/mol. The fraction of sp³-hybridized carbons (Fsp3) is 0.0625. The Morgan fingerprint density at radius 1 is 1.04 bits per heavy atom. The van der Waals surface area contributed by atoms with E-state index in [1.807, 2.05) is 0 Å². The number of halogens is 2. The number of carbonyl (C=O) groups is 2. The number of fused-ring (bicyclic) bond motifs is 1. The van der Waals surface area contributed by atoms with E-state index in [1.165, 1.54) is 4.68 Å². The monoisotopic (exact) mass is 348 g/mol. The van der Waals surface area contributed by atoms with Crippen LogP contribution in [0.15, 0.2) is 42.5 Å². The Morgan fingerprint density at radius 2 is 1.70 bits per heavy atom. The molecule has 0 atom stereocenters. The van der Waals surface area contributed by atoms with Gasteiger partial charge in [-0.15, -0.1) is 0 Å². The molecule has 0 fully saturated rings. The van der Waals surface area contributed by atoms with Gasteiger partial charge in [-0.05, 0) is 42.5 Å². The molecule has 0 saturated heterocycles. The Hall–Kier alpha value is -2.37. The maximum atomic E-state index is 12.7. The molecule has 2 aromatic carbocycles. The lowest BCUT2D eigenvalue weighted by molar-refractivity contribution is -0.137. The summed E-state index contributed by atoms with van der Waals surface area (Å²) in [5.74, 6) is -1.36. The maximum Gasteiger partial charge on any atom is 0.325 e. The van der Waals surface area contributed by atoms with Crippen LogP contribution in [-0.4, -0.2) is 26.6 Å². The number of nitrogens with zero attached hydrogens (tertiary/aromatic N) is 2. The number of aromatic nitrogens is 2. The number of hydrogen-bond donors (Lipinski definition) is 1. The van der Waals surface area contributed by atoms with Gasteiger partial charge < -0.3 is 5.11 Å². The molecule has 116 valence electrons. The predicted molar refractivity (Wildman–Crippen MR) is 87.3 cm³/mol. The van der Waals surface area contributed by atoms with Crippen molar-refractivity contribution in [1.29, 1.82) is 0 Å². The summed E-state index contributed by atoms with van der Waals surface area (Å²) in [6.45, 7) is -0.356. The van der Waals surface area contributed by atoms with Crippen LogP contribution in [0.4, 0.5) is 0 Å². The Kier molecular flexibility index (Phi) is 4.07. The zero-order valence-corrected chi connectivity index (χ0v) is 13.2. The van der Waals surface area contributed by atoms with Crippen LogP contribution in [-0.2, 0) is 11.3 Å². The highest BCUT2D eigenvalue weighted by atomic mass is 35.5. The van der Waals surface area contributed by atoms with Gasteiger partial charge in [0.05, 0.1) is 5.52 Å². The first-order chi connectivity index (χ1) is 11.0. The average Bonchev–Trinajstić information content (AvgIpc) is 2.84. The molecule has 0 bridgehead atoms. The van der Waals surface area contributed by atoms with Crippen LogP contribution in [0.25, 0.3) is 10.9 Å². The molecule has 0 saturated carbocycles. The molecule has 0 radical (unpaired) electrons. The molecule has 1 aromatic heterocycles. The van der Waals surface area contributed by atoms with E-state index in [2.05, 4.69) is 5.10 Å². The minimum Gasteiger partial charge on any atom is -0.480 e. The van der Waals surface area contributed by atoms with E-state index in [0.29, 0.717) is 26.5 Å². The molecule has 0 aliphatic carbocycles. The van der Waals surface area contributed by atoms with Crippen LogP contribution in [0.1, 0.15) is 16.1 Å². The van der Waals surface area contributed by atoms with Crippen LogP contribution < -0.4 is 0 Å². The Balaban J connectivity index is 2.15. The number of aliphatic carboxylic acids is 1. The smallest absolute Gasteiger partial charge is 0.325 e. The zero-order valence-electron chi connectivity index (χ0n) is 11.7. The topological polar surface area (TPSA) is 72.2 Å². The molecule has 0 aliphatic rings. The molecule has 1 heterocycles. The van der Waals surface area contributed by atoms with Crippen LogP contribution in [0.5, 0.6) is 0 Å². The summed E-state index contributed by atoms with van der Waals surface area (Å²) in [4.78, 5) is 23.6. The first kappa shape index (κ1) is 15.5. The van der Waals surface area contributed by atoms with Crippen molar-refractivity contribution in [2.24, 2.45) is 0 Å². The van der Waals surface area contributed by atoms with Crippen LogP contribution in [0.2, 0.25) is 10.0 Å². The molecule has 7 heteroatoms. The lowest BCUT2D eigenvalue weighted by atomic mass is 10.1. The summed E-state index contributed by atoms with van der Waals surface area (Å²) in [5.41, 5.74) is 1.10. The average molecular weight is 349 g/mol. The minimum absolute atomic E-state index is 0.181. The third-order valence-corrected chi connectivity index (χ3v) is 3.81. The first-order valence-electron chi connectivity index (χ1n) is 6.64. The number of hydrogen-bond acceptors (Lipinski definition) is 3. The molecule has 3 rings (SSSR count). The van der Waals surface area contributed by atoms with Crippen molar-refractivity contribution in [2.45, 2.75) is 6.54 Å². The van der Waals surface area contributed by atoms with E-state index < -0.39 is 5.97 Å². The highest BCUT2D eigenvalue weighted by Crippen LogP contribution is 2.25. The first-order valence-corrected chi connectivity index (χ1v) is 7.39. The number of rotatable bonds is 4. The largest absolute Gasteiger partial charge is 0.480 e. The van der Waals surface area contributed by atoms with Crippen molar-refractivity contribution >= 4 is 45.9 Å². The summed E-state index contributed by atoms with van der Waals surface area (Å²) in [6.07, 6.45) is 0. The van der Waals surface area contributed by atoms with E-state index in [4.69, 9.17) is 28.3 Å². The molecule has 0 spiro atoms. The van der Waals surface area contributed by atoms with Gasteiger partial charge in [-0.1, -0.05) is 23.2 Å². The molecule has 23 heavy (non-hydrogen) atoms. The van der Waals surface area contributed by atoms with E-state index in [9.17, 15) is 9.59 Å². The summed E-state index contributed by atoms with van der Waals surface area (Å²) in [6, 6.07) is 11.3. The normalized spacial score (nSPS) is 10.9. The second-order valence-electron chi connectivity index (χ2n) is 4.90. The van der Waals surface area contributed by atoms with Gasteiger partial charge in [-0.3, -0.25) is 14.3 Å². The zero-order chi connectivity index (χ0) is 16.6. The van der Waals surface area contributed by atoms with Crippen molar-refractivity contribution in [3.8, 4) is 0 Å². The number of ketones is 1. The lowest BCUT2D eigenvalue weighted by Gasteiger charge is -1.98. The van der Waals surface area contributed by atoms with E-state index in [0.717, 1.165) is 0 Å². The minimum atomic E-state index is -1.06. The van der Waals surface area contributed by atoms with Gasteiger partial charge in [0.15, 0.2) is 0 Å². The molecular formula is C16H10Cl2N2O3. The van der Waals surface area contributed by atoms with Gasteiger partial charge in [-0.25, -0.2) is 0 Å². The molecule has 0 unspecified atom stereocenters. The standard InChI is InChI=1S/C16H10Cl2N2O3/c17-10-3-1-9(2-4-10)16(23)15-12-6-5-11(18)7-13(12)20(19-15)8-14(21)22/h1-7H,8H2,(H,21,22). The van der Waals surface area contributed by atoms with Crippen molar-refractivity contribution in [3.05, 3.63) is 63.8 Å². The number of carboxylic acids is 1. The van der Waals surface area contributed by atoms with Gasteiger partial charge in [0, 0.05) is 21.0 Å². The second kappa shape index (κ2) is 6.02. The Labute approximate surface area is 141 Å². The predicted octanol–water partition coefficient (Wildman–Crippen LogP) is 3.66. The molecule has 5 nitrogen and oxygen atoms in total. The summed E-state index contributed by atoms with van der Waals surface area (Å²) < 4.78 is 1.26. The fourth-order valence-corrected chi connectivity index (χ4v) is 2.59. The summed E-state index contributed by atoms with van der Waals surface area (Å²) >= 11 is 11.8. The van der Waals surface area contributed by atoms with E-state index >= 15 is 0 Å². The van der Waals surface area contributed by atoms with Crippen molar-refractivity contribution in [2.75, 3.05) is 0 Å². The van der Waals surface area contributed by atoms with Crippen molar-refractivity contribution in [3.63, 3.8) is 0 Å². The van der Waals surface area contributed by atoms with Gasteiger partial charge in [-0.2, -0.15) is 5.10 Å². The van der Waals surface area contributed by atoms with Crippen LogP contribution in [0, 0.1) is 0 Å². The molecule has 3 aromatic rings. The van der Waals surface area contributed by atoms with Gasteiger partial charge >= 0.3 is 5.97 Å². The molecule has 0 amide bonds. The van der Waals surface area contributed by atoms with Gasteiger partial charge in [0.1, 0.15) is 12.2 Å². The molecule has 0 aliphatic heterocycles. The highest BCUT2D eigenvalue weighted by molar-refractivity contribution is 6.31. The van der Waals surface area contributed by atoms with Crippen LogP contribution in [0.3, 0.4) is 0 Å². The number of carboxylic acid groups (broad SMARTS) is 1. The van der Waals surface area contributed by atoms with Crippen molar-refractivity contribution < 1.29 is 14.7 Å². The third kappa shape index (κ3) is 3.06. The second-order valence-corrected chi connectivity index (χ2v) is 5.77. The summed E-state index contributed by atoms with van der Waals surface area (Å²) in [5, 5.41) is 14.7. The SMILES string of the molecule is O=C(O)Cn1nc(C(=O)c2ccc(Cl)cc2)c2ccc(Cl)cc21. The number of benzene rings is 2. The quantitative estimate of drug-likeness (QED) is 0.730. The van der Waals surface area contributed by atoms with Gasteiger partial charge in [0.25, 0.3) is 0 Å². The lowest BCUT2D eigenvalue weighted by Crippen LogP contribution is -2.11. The van der Waals surface area contributed by atoms with Crippen LogP contribution >= 0.6 is 23.2 Å². The Bertz CT molecular complexity index is 917. The van der Waals surface area contributed by atoms with E-state index in [-0.39, 0.29) is 18.0 Å². The van der Waals surface area contributed by atoms with Gasteiger partial charge in [0.2, 0.25) is 5.78 Å². The van der Waals surface area contributed by atoms with E-state index in [1.54, 1.807) is 42.5 Å². The third-order valence-electron chi connectivity index (χ3n) is 3.32.